The predicted octanol–water partition coefficient (Wildman–Crippen LogP) is 1.33. The Labute approximate surface area is 104 Å². The van der Waals surface area contributed by atoms with Gasteiger partial charge in [-0.25, -0.2) is 0 Å². The molecule has 1 aromatic rings. The third-order valence-corrected chi connectivity index (χ3v) is 3.58. The average molecular weight is 233 g/mol. The minimum Gasteiger partial charge on any atom is -0.330 e. The van der Waals surface area contributed by atoms with Crippen LogP contribution in [0.5, 0.6) is 0 Å². The first-order valence-electron chi connectivity index (χ1n) is 6.47. The molecule has 1 aliphatic rings. The van der Waals surface area contributed by atoms with Crippen molar-refractivity contribution in [2.45, 2.75) is 31.3 Å². The molecule has 0 aliphatic carbocycles. The Balaban J connectivity index is 1.94. The molecule has 0 amide bonds. The summed E-state index contributed by atoms with van der Waals surface area (Å²) in [6.45, 7) is 3.82. The summed E-state index contributed by atoms with van der Waals surface area (Å²) in [5.41, 5.74) is 13.3. The summed E-state index contributed by atoms with van der Waals surface area (Å²) in [7, 11) is 0. The molecule has 94 valence electrons. The van der Waals surface area contributed by atoms with Gasteiger partial charge < -0.3 is 11.5 Å². The van der Waals surface area contributed by atoms with Crippen LogP contribution in [0.4, 0.5) is 0 Å². The molecule has 3 nitrogen and oxygen atoms in total. The molecule has 4 N–H and O–H groups in total. The first-order chi connectivity index (χ1) is 8.22. The van der Waals surface area contributed by atoms with Gasteiger partial charge in [0.1, 0.15) is 0 Å². The zero-order valence-corrected chi connectivity index (χ0v) is 10.4. The van der Waals surface area contributed by atoms with E-state index in [4.69, 9.17) is 11.5 Å². The molecule has 1 saturated heterocycles. The molecule has 0 saturated carbocycles. The van der Waals surface area contributed by atoms with E-state index in [1.54, 1.807) is 0 Å². The minimum atomic E-state index is -0.0677. The Morgan fingerprint density at radius 3 is 2.71 bits per heavy atom. The lowest BCUT2D eigenvalue weighted by Crippen LogP contribution is -2.54. The van der Waals surface area contributed by atoms with Crippen LogP contribution in [0.1, 0.15) is 24.8 Å². The largest absolute Gasteiger partial charge is 0.330 e. The number of nitrogens with two attached hydrogens (primary N) is 2. The van der Waals surface area contributed by atoms with Gasteiger partial charge in [-0.1, -0.05) is 30.3 Å². The summed E-state index contributed by atoms with van der Waals surface area (Å²) >= 11 is 0. The van der Waals surface area contributed by atoms with E-state index in [2.05, 4.69) is 35.2 Å². The SMILES string of the molecule is NCCC1(N)CCCN(Cc2ccccc2)C1. The second-order valence-electron chi connectivity index (χ2n) is 5.20. The number of hydrogen-bond donors (Lipinski definition) is 2. The highest BCUT2D eigenvalue weighted by atomic mass is 15.2. The van der Waals surface area contributed by atoms with Crippen LogP contribution in [-0.2, 0) is 6.54 Å². The van der Waals surface area contributed by atoms with E-state index in [1.807, 2.05) is 0 Å². The zero-order chi connectivity index (χ0) is 12.1. The second-order valence-corrected chi connectivity index (χ2v) is 5.20. The average Bonchev–Trinajstić information content (AvgIpc) is 2.30. The van der Waals surface area contributed by atoms with Crippen molar-refractivity contribution in [2.75, 3.05) is 19.6 Å². The summed E-state index contributed by atoms with van der Waals surface area (Å²) < 4.78 is 0. The van der Waals surface area contributed by atoms with E-state index in [9.17, 15) is 0 Å². The van der Waals surface area contributed by atoms with Gasteiger partial charge in [0.05, 0.1) is 0 Å². The van der Waals surface area contributed by atoms with E-state index in [0.29, 0.717) is 6.54 Å². The summed E-state index contributed by atoms with van der Waals surface area (Å²) in [6, 6.07) is 10.6. The highest BCUT2D eigenvalue weighted by Crippen LogP contribution is 2.22. The van der Waals surface area contributed by atoms with Gasteiger partial charge >= 0.3 is 0 Å². The van der Waals surface area contributed by atoms with Crippen LogP contribution in [0.2, 0.25) is 0 Å². The molecule has 17 heavy (non-hydrogen) atoms. The predicted molar refractivity (Wildman–Crippen MR) is 71.5 cm³/mol. The molecular formula is C14H23N3. The van der Waals surface area contributed by atoms with Crippen LogP contribution in [0.3, 0.4) is 0 Å². The molecule has 1 heterocycles. The molecular weight excluding hydrogens is 210 g/mol. The lowest BCUT2D eigenvalue weighted by atomic mass is 9.87. The molecule has 0 bridgehead atoms. The van der Waals surface area contributed by atoms with Crippen molar-refractivity contribution in [3.63, 3.8) is 0 Å². The molecule has 1 unspecified atom stereocenters. The fourth-order valence-corrected chi connectivity index (χ4v) is 2.73. The second kappa shape index (κ2) is 5.63. The molecule has 1 aromatic carbocycles. The number of hydrogen-bond acceptors (Lipinski definition) is 3. The summed E-state index contributed by atoms with van der Waals surface area (Å²) in [5, 5.41) is 0. The van der Waals surface area contributed by atoms with Crippen LogP contribution < -0.4 is 11.5 Å². The number of likely N-dealkylation sites (tertiary alicyclic amines) is 1. The third kappa shape index (κ3) is 3.53. The summed E-state index contributed by atoms with van der Waals surface area (Å²) in [6.07, 6.45) is 3.22. The van der Waals surface area contributed by atoms with E-state index in [1.165, 1.54) is 12.0 Å². The maximum Gasteiger partial charge on any atom is 0.0296 e. The standard InChI is InChI=1S/C14H23N3/c15-9-8-14(16)7-4-10-17(12-14)11-13-5-2-1-3-6-13/h1-3,5-6H,4,7-12,15-16H2. The van der Waals surface area contributed by atoms with E-state index < -0.39 is 0 Å². The van der Waals surface area contributed by atoms with Crippen molar-refractivity contribution in [1.29, 1.82) is 0 Å². The lowest BCUT2D eigenvalue weighted by molar-refractivity contribution is 0.138. The molecule has 1 fully saturated rings. The van der Waals surface area contributed by atoms with Gasteiger partial charge in [0.25, 0.3) is 0 Å². The molecule has 0 aromatic heterocycles. The number of nitrogens with zero attached hydrogens (tertiary/aromatic N) is 1. The lowest BCUT2D eigenvalue weighted by Gasteiger charge is -2.40. The number of benzene rings is 1. The summed E-state index contributed by atoms with van der Waals surface area (Å²) in [4.78, 5) is 2.45. The third-order valence-electron chi connectivity index (χ3n) is 3.58. The smallest absolute Gasteiger partial charge is 0.0296 e. The maximum atomic E-state index is 6.39. The van der Waals surface area contributed by atoms with Gasteiger partial charge in [-0.3, -0.25) is 4.90 Å². The van der Waals surface area contributed by atoms with Crippen LogP contribution in [0.15, 0.2) is 30.3 Å². The quantitative estimate of drug-likeness (QED) is 0.825. The summed E-state index contributed by atoms with van der Waals surface area (Å²) in [5.74, 6) is 0. The Kier molecular flexibility index (Phi) is 4.15. The van der Waals surface area contributed by atoms with Gasteiger partial charge in [-0.15, -0.1) is 0 Å². The van der Waals surface area contributed by atoms with Gasteiger partial charge in [0.15, 0.2) is 0 Å². The van der Waals surface area contributed by atoms with Crippen molar-refractivity contribution in [3.05, 3.63) is 35.9 Å². The van der Waals surface area contributed by atoms with Gasteiger partial charge in [-0.2, -0.15) is 0 Å². The van der Waals surface area contributed by atoms with Crippen molar-refractivity contribution < 1.29 is 0 Å². The van der Waals surface area contributed by atoms with E-state index >= 15 is 0 Å². The fourth-order valence-electron chi connectivity index (χ4n) is 2.73. The van der Waals surface area contributed by atoms with Crippen molar-refractivity contribution in [2.24, 2.45) is 11.5 Å². The van der Waals surface area contributed by atoms with Crippen molar-refractivity contribution >= 4 is 0 Å². The molecule has 0 spiro atoms. The topological polar surface area (TPSA) is 55.3 Å². The first-order valence-corrected chi connectivity index (χ1v) is 6.47. The monoisotopic (exact) mass is 233 g/mol. The zero-order valence-electron chi connectivity index (χ0n) is 10.4. The van der Waals surface area contributed by atoms with E-state index in [0.717, 1.165) is 32.5 Å². The Morgan fingerprint density at radius 2 is 2.00 bits per heavy atom. The van der Waals surface area contributed by atoms with Crippen LogP contribution in [-0.4, -0.2) is 30.1 Å². The van der Waals surface area contributed by atoms with Gasteiger partial charge in [0.2, 0.25) is 0 Å². The maximum absolute atomic E-state index is 6.39. The Bertz CT molecular complexity index is 335. The Hall–Kier alpha value is -0.900. The van der Waals surface area contributed by atoms with Gasteiger partial charge in [-0.05, 0) is 37.9 Å². The number of rotatable bonds is 4. The van der Waals surface area contributed by atoms with E-state index in [-0.39, 0.29) is 5.54 Å². The van der Waals surface area contributed by atoms with Crippen molar-refractivity contribution in [1.82, 2.24) is 4.90 Å². The minimum absolute atomic E-state index is 0.0677. The fraction of sp³-hybridized carbons (Fsp3) is 0.571. The molecule has 2 rings (SSSR count). The number of piperidine rings is 1. The first kappa shape index (κ1) is 12.6. The van der Waals surface area contributed by atoms with Crippen LogP contribution in [0.25, 0.3) is 0 Å². The molecule has 1 aliphatic heterocycles. The van der Waals surface area contributed by atoms with Crippen LogP contribution >= 0.6 is 0 Å². The Morgan fingerprint density at radius 1 is 1.24 bits per heavy atom. The highest BCUT2D eigenvalue weighted by molar-refractivity contribution is 5.14. The molecule has 1 atom stereocenters. The molecule has 3 heteroatoms. The van der Waals surface area contributed by atoms with Gasteiger partial charge in [0, 0.05) is 18.6 Å². The van der Waals surface area contributed by atoms with Crippen LogP contribution in [0, 0.1) is 0 Å². The van der Waals surface area contributed by atoms with Crippen molar-refractivity contribution in [3.8, 4) is 0 Å². The molecule has 0 radical (unpaired) electrons. The highest BCUT2D eigenvalue weighted by Gasteiger charge is 2.30. The normalized spacial score (nSPS) is 26.0.